The van der Waals surface area contributed by atoms with Crippen LogP contribution in [0.1, 0.15) is 66.4 Å². The van der Waals surface area contributed by atoms with E-state index >= 15 is 0 Å². The molecule has 1 aromatic carbocycles. The van der Waals surface area contributed by atoms with E-state index in [1.807, 2.05) is 6.08 Å². The molecule has 2 fully saturated rings. The van der Waals surface area contributed by atoms with Crippen LogP contribution in [0, 0.1) is 30.1 Å². The van der Waals surface area contributed by atoms with Crippen molar-refractivity contribution < 1.29 is 9.90 Å². The molecule has 1 N–H and O–H groups in total. The van der Waals surface area contributed by atoms with Crippen LogP contribution in [0.25, 0.3) is 0 Å². The molecule has 0 radical (unpaired) electrons. The first-order valence-corrected chi connectivity index (χ1v) is 9.41. The summed E-state index contributed by atoms with van der Waals surface area (Å²) in [5, 5.41) is 10.6. The van der Waals surface area contributed by atoms with E-state index in [9.17, 15) is 9.90 Å². The highest BCUT2D eigenvalue weighted by molar-refractivity contribution is 6.01. The zero-order valence-corrected chi connectivity index (χ0v) is 14.8. The number of fused-ring (bicyclic) bond motifs is 5. The summed E-state index contributed by atoms with van der Waals surface area (Å²) in [6, 6.07) is 6.42. The third kappa shape index (κ3) is 2.08. The molecule has 4 rings (SSSR count). The Morgan fingerprint density at radius 3 is 2.88 bits per heavy atom. The van der Waals surface area contributed by atoms with E-state index in [0.717, 1.165) is 43.2 Å². The Hall–Kier alpha value is -1.41. The Kier molecular flexibility index (Phi) is 3.72. The molecular weight excluding hydrogens is 296 g/mol. The van der Waals surface area contributed by atoms with Gasteiger partial charge < -0.3 is 5.11 Å². The van der Waals surface area contributed by atoms with Gasteiger partial charge >= 0.3 is 0 Å². The molecule has 24 heavy (non-hydrogen) atoms. The molecule has 2 nitrogen and oxygen atoms in total. The fourth-order valence-corrected chi connectivity index (χ4v) is 6.12. The van der Waals surface area contributed by atoms with Crippen LogP contribution < -0.4 is 0 Å². The van der Waals surface area contributed by atoms with Crippen molar-refractivity contribution in [2.45, 2.75) is 58.0 Å². The number of aryl methyl sites for hydroxylation is 1. The molecule has 0 heterocycles. The summed E-state index contributed by atoms with van der Waals surface area (Å²) in [6.45, 7) is 8.24. The monoisotopic (exact) mass is 324 g/mol. The highest BCUT2D eigenvalue weighted by Crippen LogP contribution is 2.62. The Morgan fingerprint density at radius 1 is 1.33 bits per heavy atom. The quantitative estimate of drug-likeness (QED) is 0.804. The summed E-state index contributed by atoms with van der Waals surface area (Å²) in [7, 11) is 0. The highest BCUT2D eigenvalue weighted by Gasteiger charge is 2.57. The third-order valence-corrected chi connectivity index (χ3v) is 7.38. The first kappa shape index (κ1) is 16.1. The molecule has 0 aromatic heterocycles. The summed E-state index contributed by atoms with van der Waals surface area (Å²) >= 11 is 0. The van der Waals surface area contributed by atoms with Crippen molar-refractivity contribution in [1.82, 2.24) is 0 Å². The standard InChI is InChI=1S/C22H28O2/c1-4-5-16-20-15(10-11-22(3)18(20)8-9-19(22)23)14-7-6-13(2)12-17(14)21(16)24/h4,6-7,12,15-16,18-20,23H,1,5,8-11H2,2-3H3. The van der Waals surface area contributed by atoms with Crippen LogP contribution in [0.5, 0.6) is 0 Å². The van der Waals surface area contributed by atoms with Crippen LogP contribution >= 0.6 is 0 Å². The molecule has 2 saturated carbocycles. The second-order valence-corrected chi connectivity index (χ2v) is 8.51. The molecule has 3 aliphatic rings. The zero-order valence-electron chi connectivity index (χ0n) is 14.8. The van der Waals surface area contributed by atoms with E-state index in [-0.39, 0.29) is 17.4 Å². The van der Waals surface area contributed by atoms with Crippen molar-refractivity contribution in [3.63, 3.8) is 0 Å². The van der Waals surface area contributed by atoms with Crippen molar-refractivity contribution in [2.75, 3.05) is 0 Å². The lowest BCUT2D eigenvalue weighted by molar-refractivity contribution is -0.0335. The maximum absolute atomic E-state index is 13.3. The number of hydrogen-bond acceptors (Lipinski definition) is 2. The lowest BCUT2D eigenvalue weighted by Gasteiger charge is -2.52. The molecule has 3 aliphatic carbocycles. The van der Waals surface area contributed by atoms with Gasteiger partial charge in [-0.2, -0.15) is 0 Å². The summed E-state index contributed by atoms with van der Waals surface area (Å²) in [4.78, 5) is 13.3. The lowest BCUT2D eigenvalue weighted by Crippen LogP contribution is -2.48. The van der Waals surface area contributed by atoms with E-state index in [2.05, 4.69) is 38.6 Å². The lowest BCUT2D eigenvalue weighted by atomic mass is 9.52. The molecule has 0 aliphatic heterocycles. The Morgan fingerprint density at radius 2 is 2.12 bits per heavy atom. The van der Waals surface area contributed by atoms with E-state index in [1.165, 1.54) is 5.56 Å². The van der Waals surface area contributed by atoms with Crippen LogP contribution in [0.15, 0.2) is 30.9 Å². The zero-order chi connectivity index (χ0) is 17.1. The minimum atomic E-state index is -0.206. The predicted octanol–water partition coefficient (Wildman–Crippen LogP) is 4.65. The van der Waals surface area contributed by atoms with Gasteiger partial charge in [-0.3, -0.25) is 4.79 Å². The van der Waals surface area contributed by atoms with Gasteiger partial charge in [0.15, 0.2) is 5.78 Å². The van der Waals surface area contributed by atoms with Crippen molar-refractivity contribution >= 4 is 5.78 Å². The van der Waals surface area contributed by atoms with Gasteiger partial charge in [0.1, 0.15) is 0 Å². The fourth-order valence-electron chi connectivity index (χ4n) is 6.12. The minimum absolute atomic E-state index is 0.0108. The van der Waals surface area contributed by atoms with E-state index in [1.54, 1.807) is 0 Å². The van der Waals surface area contributed by atoms with Crippen LogP contribution in [0.3, 0.4) is 0 Å². The van der Waals surface area contributed by atoms with Crippen LogP contribution in [-0.4, -0.2) is 17.0 Å². The largest absolute Gasteiger partial charge is 0.393 e. The van der Waals surface area contributed by atoms with E-state index < -0.39 is 0 Å². The number of carbonyl (C=O) groups excluding carboxylic acids is 1. The Bertz CT molecular complexity index is 691. The maximum atomic E-state index is 13.3. The molecule has 6 atom stereocenters. The molecule has 0 saturated heterocycles. The molecular formula is C22H28O2. The van der Waals surface area contributed by atoms with Crippen molar-refractivity contribution in [2.24, 2.45) is 23.2 Å². The number of hydrogen-bond donors (Lipinski definition) is 1. The van der Waals surface area contributed by atoms with Gasteiger partial charge in [-0.05, 0) is 73.8 Å². The molecule has 1 aromatic rings. The van der Waals surface area contributed by atoms with Crippen molar-refractivity contribution in [3.05, 3.63) is 47.5 Å². The molecule has 0 bridgehead atoms. The summed E-state index contributed by atoms with van der Waals surface area (Å²) in [5.74, 6) is 1.63. The predicted molar refractivity (Wildman–Crippen MR) is 96.1 cm³/mol. The molecule has 0 spiro atoms. The maximum Gasteiger partial charge on any atom is 0.166 e. The van der Waals surface area contributed by atoms with Gasteiger partial charge in [0.05, 0.1) is 6.10 Å². The van der Waals surface area contributed by atoms with Gasteiger partial charge in [-0.15, -0.1) is 6.58 Å². The average Bonchev–Trinajstić information content (AvgIpc) is 2.86. The minimum Gasteiger partial charge on any atom is -0.393 e. The highest BCUT2D eigenvalue weighted by atomic mass is 16.3. The van der Waals surface area contributed by atoms with Crippen LogP contribution in [0.2, 0.25) is 0 Å². The molecule has 0 amide bonds. The van der Waals surface area contributed by atoms with Crippen LogP contribution in [0.4, 0.5) is 0 Å². The molecule has 6 unspecified atom stereocenters. The van der Waals surface area contributed by atoms with Crippen molar-refractivity contribution in [1.29, 1.82) is 0 Å². The van der Waals surface area contributed by atoms with Crippen LogP contribution in [-0.2, 0) is 0 Å². The number of rotatable bonds is 2. The van der Waals surface area contributed by atoms with Gasteiger partial charge in [-0.1, -0.05) is 30.7 Å². The number of carbonyl (C=O) groups is 1. The number of aliphatic hydroxyl groups is 1. The second kappa shape index (κ2) is 5.56. The van der Waals surface area contributed by atoms with Gasteiger partial charge in [0.2, 0.25) is 0 Å². The number of allylic oxidation sites excluding steroid dienone is 1. The molecule has 128 valence electrons. The Labute approximate surface area is 145 Å². The smallest absolute Gasteiger partial charge is 0.166 e. The molecule has 2 heteroatoms. The number of ketones is 1. The average molecular weight is 324 g/mol. The Balaban J connectivity index is 1.84. The summed E-state index contributed by atoms with van der Waals surface area (Å²) in [5.41, 5.74) is 3.36. The first-order chi connectivity index (χ1) is 11.5. The number of Topliss-reactive ketones (excluding diaryl/α,β-unsaturated/α-hetero) is 1. The topological polar surface area (TPSA) is 37.3 Å². The van der Waals surface area contributed by atoms with Crippen molar-refractivity contribution in [3.8, 4) is 0 Å². The van der Waals surface area contributed by atoms with Gasteiger partial charge in [0.25, 0.3) is 0 Å². The van der Waals surface area contributed by atoms with E-state index in [4.69, 9.17) is 0 Å². The number of benzene rings is 1. The van der Waals surface area contributed by atoms with E-state index in [0.29, 0.717) is 23.5 Å². The fraction of sp³-hybridized carbons (Fsp3) is 0.591. The summed E-state index contributed by atoms with van der Waals surface area (Å²) < 4.78 is 0. The number of aliphatic hydroxyl groups excluding tert-OH is 1. The van der Waals surface area contributed by atoms with Gasteiger partial charge in [0, 0.05) is 11.5 Å². The third-order valence-electron chi connectivity index (χ3n) is 7.38. The normalized spacial score (nSPS) is 40.6. The van der Waals surface area contributed by atoms with Gasteiger partial charge in [-0.25, -0.2) is 0 Å². The SMILES string of the molecule is C=CCC1C(=O)c2cc(C)ccc2C2CCC3(C)C(O)CCC3C12. The second-order valence-electron chi connectivity index (χ2n) is 8.51. The summed E-state index contributed by atoms with van der Waals surface area (Å²) in [6.07, 6.45) is 6.57. The first-order valence-electron chi connectivity index (χ1n) is 9.41.